The molecule has 0 spiro atoms. The maximum atomic E-state index is 12.7. The molecule has 0 radical (unpaired) electrons. The highest BCUT2D eigenvalue weighted by atomic mass is 16.5. The lowest BCUT2D eigenvalue weighted by Crippen LogP contribution is -2.14. The highest BCUT2D eigenvalue weighted by molar-refractivity contribution is 6.06. The fourth-order valence-electron chi connectivity index (χ4n) is 2.54. The van der Waals surface area contributed by atoms with Gasteiger partial charge < -0.3 is 14.6 Å². The molecule has 1 N–H and O–H groups in total. The SMILES string of the molecule is Cc1ccccc1NC(=O)c1ccccc1OCc1c(C)noc1C. The first kappa shape index (κ1) is 16.8. The predicted octanol–water partition coefficient (Wildman–Crippen LogP) is 4.43. The van der Waals surface area contributed by atoms with Crippen LogP contribution >= 0.6 is 0 Å². The smallest absolute Gasteiger partial charge is 0.259 e. The van der Waals surface area contributed by atoms with E-state index < -0.39 is 0 Å². The Hall–Kier alpha value is -3.08. The van der Waals surface area contributed by atoms with Gasteiger partial charge in [-0.1, -0.05) is 35.5 Å². The van der Waals surface area contributed by atoms with Crippen LogP contribution in [0.4, 0.5) is 5.69 Å². The number of nitrogens with one attached hydrogen (secondary N) is 1. The number of aryl methyl sites for hydroxylation is 3. The maximum absolute atomic E-state index is 12.7. The molecule has 0 aliphatic heterocycles. The lowest BCUT2D eigenvalue weighted by atomic mass is 10.1. The van der Waals surface area contributed by atoms with E-state index >= 15 is 0 Å². The molecule has 0 saturated heterocycles. The molecule has 0 atom stereocenters. The van der Waals surface area contributed by atoms with E-state index in [1.165, 1.54) is 0 Å². The van der Waals surface area contributed by atoms with Gasteiger partial charge in [-0.2, -0.15) is 0 Å². The van der Waals surface area contributed by atoms with Crippen LogP contribution in [0.15, 0.2) is 53.1 Å². The van der Waals surface area contributed by atoms with E-state index in [2.05, 4.69) is 10.5 Å². The molecule has 0 bridgehead atoms. The summed E-state index contributed by atoms with van der Waals surface area (Å²) in [7, 11) is 0. The Balaban J connectivity index is 1.79. The van der Waals surface area contributed by atoms with Crippen LogP contribution in [0.25, 0.3) is 0 Å². The molecule has 0 unspecified atom stereocenters. The minimum atomic E-state index is -0.205. The zero-order valence-electron chi connectivity index (χ0n) is 14.5. The maximum Gasteiger partial charge on any atom is 0.259 e. The van der Waals surface area contributed by atoms with E-state index in [4.69, 9.17) is 9.26 Å². The van der Waals surface area contributed by atoms with Crippen molar-refractivity contribution in [3.05, 3.63) is 76.7 Å². The second-order valence-electron chi connectivity index (χ2n) is 5.86. The summed E-state index contributed by atoms with van der Waals surface area (Å²) in [5.74, 6) is 1.04. The van der Waals surface area contributed by atoms with Gasteiger partial charge in [-0.3, -0.25) is 4.79 Å². The van der Waals surface area contributed by atoms with Crippen LogP contribution in [0.2, 0.25) is 0 Å². The third kappa shape index (κ3) is 3.71. The van der Waals surface area contributed by atoms with Crippen LogP contribution in [-0.4, -0.2) is 11.1 Å². The van der Waals surface area contributed by atoms with Crippen molar-refractivity contribution in [1.29, 1.82) is 0 Å². The molecular weight excluding hydrogens is 316 g/mol. The molecule has 3 aromatic rings. The number of carbonyl (C=O) groups excluding carboxylic acids is 1. The summed E-state index contributed by atoms with van der Waals surface area (Å²) in [6.45, 7) is 5.97. The number of amides is 1. The van der Waals surface area contributed by atoms with Gasteiger partial charge in [0.2, 0.25) is 0 Å². The second kappa shape index (κ2) is 7.21. The van der Waals surface area contributed by atoms with E-state index in [0.29, 0.717) is 17.9 Å². The van der Waals surface area contributed by atoms with Gasteiger partial charge in [0.15, 0.2) is 0 Å². The summed E-state index contributed by atoms with van der Waals surface area (Å²) in [6, 6.07) is 14.8. The minimum Gasteiger partial charge on any atom is -0.488 e. The number of anilines is 1. The first-order valence-electron chi connectivity index (χ1n) is 8.07. The number of carbonyl (C=O) groups is 1. The van der Waals surface area contributed by atoms with Gasteiger partial charge in [-0.05, 0) is 44.5 Å². The van der Waals surface area contributed by atoms with Crippen LogP contribution < -0.4 is 10.1 Å². The van der Waals surface area contributed by atoms with Crippen molar-refractivity contribution in [1.82, 2.24) is 5.16 Å². The Labute approximate surface area is 146 Å². The van der Waals surface area contributed by atoms with Crippen LogP contribution in [0.5, 0.6) is 5.75 Å². The minimum absolute atomic E-state index is 0.205. The molecular formula is C20H20N2O3. The molecule has 5 heteroatoms. The number of para-hydroxylation sites is 2. The zero-order chi connectivity index (χ0) is 17.8. The van der Waals surface area contributed by atoms with Crippen LogP contribution in [0.3, 0.4) is 0 Å². The largest absolute Gasteiger partial charge is 0.488 e. The summed E-state index contributed by atoms with van der Waals surface area (Å²) in [6.07, 6.45) is 0. The number of hydrogen-bond donors (Lipinski definition) is 1. The van der Waals surface area contributed by atoms with Crippen LogP contribution in [-0.2, 0) is 6.61 Å². The number of nitrogens with zero attached hydrogens (tertiary/aromatic N) is 1. The van der Waals surface area contributed by atoms with Crippen molar-refractivity contribution >= 4 is 11.6 Å². The molecule has 0 aliphatic rings. The lowest BCUT2D eigenvalue weighted by molar-refractivity contribution is 0.102. The summed E-state index contributed by atoms with van der Waals surface area (Å²) < 4.78 is 11.0. The highest BCUT2D eigenvalue weighted by Gasteiger charge is 2.15. The van der Waals surface area contributed by atoms with Gasteiger partial charge in [0.1, 0.15) is 18.1 Å². The predicted molar refractivity (Wildman–Crippen MR) is 95.9 cm³/mol. The van der Waals surface area contributed by atoms with Crippen molar-refractivity contribution in [2.24, 2.45) is 0 Å². The number of hydrogen-bond acceptors (Lipinski definition) is 4. The fourth-order valence-corrected chi connectivity index (χ4v) is 2.54. The average Bonchev–Trinajstić information content (AvgIpc) is 2.93. The van der Waals surface area contributed by atoms with E-state index in [-0.39, 0.29) is 5.91 Å². The van der Waals surface area contributed by atoms with E-state index in [0.717, 1.165) is 28.3 Å². The summed E-state index contributed by atoms with van der Waals surface area (Å²) >= 11 is 0. The number of ether oxygens (including phenoxy) is 1. The molecule has 128 valence electrons. The third-order valence-electron chi connectivity index (χ3n) is 4.08. The quantitative estimate of drug-likeness (QED) is 0.748. The van der Waals surface area contributed by atoms with Gasteiger partial charge in [0, 0.05) is 5.69 Å². The molecule has 1 aromatic heterocycles. The summed E-state index contributed by atoms with van der Waals surface area (Å²) in [4.78, 5) is 12.7. The van der Waals surface area contributed by atoms with Gasteiger partial charge in [0.05, 0.1) is 16.8 Å². The number of rotatable bonds is 5. The first-order valence-corrected chi connectivity index (χ1v) is 8.07. The van der Waals surface area contributed by atoms with Crippen molar-refractivity contribution < 1.29 is 14.1 Å². The number of benzene rings is 2. The average molecular weight is 336 g/mol. The van der Waals surface area contributed by atoms with Crippen LogP contribution in [0.1, 0.15) is 32.9 Å². The monoisotopic (exact) mass is 336 g/mol. The Kier molecular flexibility index (Phi) is 4.84. The molecule has 0 fully saturated rings. The Morgan fingerprint density at radius 3 is 2.52 bits per heavy atom. The summed E-state index contributed by atoms with van der Waals surface area (Å²) in [5, 5.41) is 6.85. The van der Waals surface area contributed by atoms with E-state index in [9.17, 15) is 4.79 Å². The van der Waals surface area contributed by atoms with E-state index in [1.807, 2.05) is 57.2 Å². The third-order valence-corrected chi connectivity index (χ3v) is 4.08. The number of aromatic nitrogens is 1. The molecule has 25 heavy (non-hydrogen) atoms. The standard InChI is InChI=1S/C20H20N2O3/c1-13-8-4-6-10-18(13)21-20(23)16-9-5-7-11-19(16)24-12-17-14(2)22-25-15(17)3/h4-11H,12H2,1-3H3,(H,21,23). The van der Waals surface area contributed by atoms with Gasteiger partial charge in [-0.25, -0.2) is 0 Å². The second-order valence-corrected chi connectivity index (χ2v) is 5.86. The molecule has 0 saturated carbocycles. The Morgan fingerprint density at radius 2 is 1.80 bits per heavy atom. The van der Waals surface area contributed by atoms with Crippen molar-refractivity contribution in [3.8, 4) is 5.75 Å². The van der Waals surface area contributed by atoms with Crippen molar-refractivity contribution in [2.45, 2.75) is 27.4 Å². The van der Waals surface area contributed by atoms with Crippen molar-refractivity contribution in [3.63, 3.8) is 0 Å². The van der Waals surface area contributed by atoms with Gasteiger partial charge >= 0.3 is 0 Å². The summed E-state index contributed by atoms with van der Waals surface area (Å²) in [5.41, 5.74) is 3.96. The highest BCUT2D eigenvalue weighted by Crippen LogP contribution is 2.23. The molecule has 1 amide bonds. The molecule has 2 aromatic carbocycles. The first-order chi connectivity index (χ1) is 12.1. The van der Waals surface area contributed by atoms with Crippen molar-refractivity contribution in [2.75, 3.05) is 5.32 Å². The normalized spacial score (nSPS) is 10.5. The van der Waals surface area contributed by atoms with E-state index in [1.54, 1.807) is 12.1 Å². The Bertz CT molecular complexity index is 880. The van der Waals surface area contributed by atoms with Gasteiger partial charge in [-0.15, -0.1) is 0 Å². The van der Waals surface area contributed by atoms with Crippen LogP contribution in [0, 0.1) is 20.8 Å². The fraction of sp³-hybridized carbons (Fsp3) is 0.200. The Morgan fingerprint density at radius 1 is 1.08 bits per heavy atom. The molecule has 3 rings (SSSR count). The van der Waals surface area contributed by atoms with Gasteiger partial charge in [0.25, 0.3) is 5.91 Å². The molecule has 1 heterocycles. The lowest BCUT2D eigenvalue weighted by Gasteiger charge is -2.12. The molecule has 5 nitrogen and oxygen atoms in total. The molecule has 0 aliphatic carbocycles. The topological polar surface area (TPSA) is 64.4 Å². The zero-order valence-corrected chi connectivity index (χ0v) is 14.5.